The molecule has 2 N–H and O–H groups in total. The zero-order valence-electron chi connectivity index (χ0n) is 20.1. The zero-order valence-corrected chi connectivity index (χ0v) is 20.1. The van der Waals surface area contributed by atoms with Crippen molar-refractivity contribution in [2.75, 3.05) is 13.2 Å². The van der Waals surface area contributed by atoms with E-state index in [2.05, 4.69) is 4.98 Å². The number of alkyl halides is 3. The number of nitrogens with zero attached hydrogens (tertiary/aromatic N) is 2. The summed E-state index contributed by atoms with van der Waals surface area (Å²) in [5.74, 6) is -0.730. The molecule has 0 unspecified atom stereocenters. The van der Waals surface area contributed by atoms with Crippen LogP contribution in [0.3, 0.4) is 0 Å². The first kappa shape index (κ1) is 25.9. The monoisotopic (exact) mass is 505 g/mol. The Morgan fingerprint density at radius 1 is 1.17 bits per heavy atom. The van der Waals surface area contributed by atoms with Crippen molar-refractivity contribution in [3.05, 3.63) is 58.4 Å². The quantitative estimate of drug-likeness (QED) is 0.413. The summed E-state index contributed by atoms with van der Waals surface area (Å²) in [7, 11) is 0. The van der Waals surface area contributed by atoms with Crippen LogP contribution in [0.5, 0.6) is 5.75 Å². The van der Waals surface area contributed by atoms with Gasteiger partial charge in [-0.3, -0.25) is 14.8 Å². The Hall–Kier alpha value is -3.14. The minimum absolute atomic E-state index is 0.0331. The van der Waals surface area contributed by atoms with Gasteiger partial charge in [-0.2, -0.15) is 13.2 Å². The van der Waals surface area contributed by atoms with E-state index in [-0.39, 0.29) is 29.7 Å². The molecule has 36 heavy (non-hydrogen) atoms. The minimum Gasteiger partial charge on any atom is -0.489 e. The lowest BCUT2D eigenvalue weighted by Crippen LogP contribution is -2.39. The zero-order chi connectivity index (χ0) is 25.9. The van der Waals surface area contributed by atoms with Crippen molar-refractivity contribution >= 4 is 11.8 Å². The van der Waals surface area contributed by atoms with Gasteiger partial charge in [0.25, 0.3) is 11.8 Å². The number of hydroxylamine groups is 1. The number of rotatable bonds is 6. The number of hydrogen-bond acceptors (Lipinski definition) is 5. The number of amides is 2. The van der Waals surface area contributed by atoms with Crippen molar-refractivity contribution < 1.29 is 32.7 Å². The van der Waals surface area contributed by atoms with Crippen LogP contribution in [0, 0.1) is 6.92 Å². The predicted octanol–water partition coefficient (Wildman–Crippen LogP) is 5.26. The van der Waals surface area contributed by atoms with Crippen LogP contribution in [-0.2, 0) is 6.18 Å². The summed E-state index contributed by atoms with van der Waals surface area (Å²) in [6.45, 7) is 2.30. The number of pyridine rings is 1. The Morgan fingerprint density at radius 2 is 1.92 bits per heavy atom. The van der Waals surface area contributed by atoms with Gasteiger partial charge in [-0.25, -0.2) is 10.5 Å². The molecule has 1 aliphatic heterocycles. The van der Waals surface area contributed by atoms with Gasteiger partial charge in [-0.1, -0.05) is 25.3 Å². The number of carbonyl (C=O) groups is 2. The summed E-state index contributed by atoms with van der Waals surface area (Å²) in [5, 5.41) is 9.19. The number of hydrogen-bond donors (Lipinski definition) is 2. The van der Waals surface area contributed by atoms with E-state index in [4.69, 9.17) is 4.74 Å². The molecule has 1 atom stereocenters. The lowest BCUT2D eigenvalue weighted by Gasteiger charge is -2.27. The maximum Gasteiger partial charge on any atom is 0.416 e. The SMILES string of the molecule is Cc1c(C2CCCCC2)cnc(C(=O)NO)c1OC[C@H]1CCCN1C(=O)c1cccc(C(F)(F)F)c1. The van der Waals surface area contributed by atoms with E-state index < -0.39 is 23.6 Å². The molecule has 0 bridgehead atoms. The first-order valence-corrected chi connectivity index (χ1v) is 12.3. The average Bonchev–Trinajstić information content (AvgIpc) is 3.35. The van der Waals surface area contributed by atoms with Crippen LogP contribution in [0.4, 0.5) is 13.2 Å². The van der Waals surface area contributed by atoms with Gasteiger partial charge in [0.2, 0.25) is 0 Å². The van der Waals surface area contributed by atoms with E-state index in [9.17, 15) is 28.0 Å². The summed E-state index contributed by atoms with van der Waals surface area (Å²) < 4.78 is 45.5. The number of ether oxygens (including phenoxy) is 1. The van der Waals surface area contributed by atoms with Crippen molar-refractivity contribution in [2.45, 2.75) is 70.0 Å². The molecular weight excluding hydrogens is 475 g/mol. The highest BCUT2D eigenvalue weighted by Crippen LogP contribution is 2.38. The number of aromatic nitrogens is 1. The predicted molar refractivity (Wildman–Crippen MR) is 125 cm³/mol. The molecule has 10 heteroatoms. The fraction of sp³-hybridized carbons (Fsp3) is 0.500. The molecule has 1 aromatic carbocycles. The topological polar surface area (TPSA) is 91.8 Å². The van der Waals surface area contributed by atoms with Crippen molar-refractivity contribution in [3.63, 3.8) is 0 Å². The van der Waals surface area contributed by atoms with Crippen molar-refractivity contribution in [1.29, 1.82) is 0 Å². The average molecular weight is 506 g/mol. The van der Waals surface area contributed by atoms with E-state index in [1.165, 1.54) is 23.5 Å². The van der Waals surface area contributed by atoms with Crippen LogP contribution in [0.15, 0.2) is 30.5 Å². The molecule has 194 valence electrons. The molecule has 1 aromatic heterocycles. The Bertz CT molecular complexity index is 1120. The van der Waals surface area contributed by atoms with Crippen molar-refractivity contribution in [1.82, 2.24) is 15.4 Å². The molecule has 2 amide bonds. The van der Waals surface area contributed by atoms with Crippen LogP contribution in [-0.4, -0.2) is 46.1 Å². The Morgan fingerprint density at radius 3 is 2.61 bits per heavy atom. The number of nitrogens with one attached hydrogen (secondary N) is 1. The largest absolute Gasteiger partial charge is 0.489 e. The van der Waals surface area contributed by atoms with E-state index in [1.807, 2.05) is 6.92 Å². The molecule has 1 saturated heterocycles. The third-order valence-electron chi connectivity index (χ3n) is 7.18. The van der Waals surface area contributed by atoms with E-state index in [0.717, 1.165) is 48.9 Å². The summed E-state index contributed by atoms with van der Waals surface area (Å²) in [6.07, 6.45) is 3.90. The van der Waals surface area contributed by atoms with Gasteiger partial charge in [0.1, 0.15) is 6.61 Å². The van der Waals surface area contributed by atoms with Gasteiger partial charge < -0.3 is 9.64 Å². The van der Waals surface area contributed by atoms with Crippen LogP contribution >= 0.6 is 0 Å². The van der Waals surface area contributed by atoms with Gasteiger partial charge in [-0.15, -0.1) is 0 Å². The number of benzene rings is 1. The Labute approximate surface area is 207 Å². The maximum atomic E-state index is 13.1. The molecule has 2 aromatic rings. The summed E-state index contributed by atoms with van der Waals surface area (Å²) in [4.78, 5) is 31.2. The molecule has 1 saturated carbocycles. The third kappa shape index (κ3) is 5.48. The first-order valence-electron chi connectivity index (χ1n) is 12.3. The molecule has 4 rings (SSSR count). The molecule has 0 radical (unpaired) electrons. The molecule has 2 aliphatic rings. The van der Waals surface area contributed by atoms with Gasteiger partial charge >= 0.3 is 6.18 Å². The smallest absolute Gasteiger partial charge is 0.416 e. The van der Waals surface area contributed by atoms with Crippen molar-refractivity contribution in [3.8, 4) is 5.75 Å². The Kier molecular flexibility index (Phi) is 7.82. The number of carbonyl (C=O) groups excluding carboxylic acids is 2. The maximum absolute atomic E-state index is 13.1. The van der Waals surface area contributed by atoms with Crippen LogP contribution in [0.2, 0.25) is 0 Å². The van der Waals surface area contributed by atoms with Crippen molar-refractivity contribution in [2.24, 2.45) is 0 Å². The van der Waals surface area contributed by atoms with Crippen LogP contribution < -0.4 is 10.2 Å². The van der Waals surface area contributed by atoms with E-state index in [0.29, 0.717) is 25.3 Å². The molecule has 7 nitrogen and oxygen atoms in total. The Balaban J connectivity index is 1.55. The standard InChI is InChI=1S/C26H30F3N3O4/c1-16-21(17-7-3-2-4-8-17)14-30-22(24(33)31-35)23(16)36-15-20-11-6-12-32(20)25(34)18-9-5-10-19(13-18)26(27,28)29/h5,9-10,13-14,17,20,35H,2-4,6-8,11-12,15H2,1H3,(H,31,33)/t20-/m1/s1. The summed E-state index contributed by atoms with van der Waals surface area (Å²) >= 11 is 0. The van der Waals surface area contributed by atoms with Gasteiger partial charge in [0.15, 0.2) is 11.4 Å². The van der Waals surface area contributed by atoms with Crippen LogP contribution in [0.1, 0.15) is 88.4 Å². The van der Waals surface area contributed by atoms with Gasteiger partial charge in [0.05, 0.1) is 11.6 Å². The highest BCUT2D eigenvalue weighted by molar-refractivity contribution is 5.95. The minimum atomic E-state index is -4.54. The summed E-state index contributed by atoms with van der Waals surface area (Å²) in [6, 6.07) is 4.02. The molecule has 2 heterocycles. The van der Waals surface area contributed by atoms with Crippen LogP contribution in [0.25, 0.3) is 0 Å². The molecule has 0 spiro atoms. The second-order valence-electron chi connectivity index (χ2n) is 9.48. The third-order valence-corrected chi connectivity index (χ3v) is 7.18. The molecular formula is C26H30F3N3O4. The highest BCUT2D eigenvalue weighted by atomic mass is 19.4. The lowest BCUT2D eigenvalue weighted by molar-refractivity contribution is -0.137. The van der Waals surface area contributed by atoms with Gasteiger partial charge in [0, 0.05) is 18.3 Å². The fourth-order valence-corrected chi connectivity index (χ4v) is 5.26. The normalized spacial score (nSPS) is 18.8. The highest BCUT2D eigenvalue weighted by Gasteiger charge is 2.34. The molecule has 1 aliphatic carbocycles. The molecule has 2 fully saturated rings. The first-order chi connectivity index (χ1) is 17.2. The van der Waals surface area contributed by atoms with E-state index >= 15 is 0 Å². The van der Waals surface area contributed by atoms with E-state index in [1.54, 1.807) is 11.7 Å². The fourth-order valence-electron chi connectivity index (χ4n) is 5.26. The second-order valence-corrected chi connectivity index (χ2v) is 9.48. The number of halogens is 3. The summed E-state index contributed by atoms with van der Waals surface area (Å²) in [5.41, 5.74) is 2.41. The second kappa shape index (κ2) is 10.9. The van der Waals surface area contributed by atoms with Gasteiger partial charge in [-0.05, 0) is 67.9 Å². The lowest BCUT2D eigenvalue weighted by atomic mass is 9.83. The number of likely N-dealkylation sites (tertiary alicyclic amines) is 1.